The number of piperazine rings is 1. The van der Waals surface area contributed by atoms with Gasteiger partial charge < -0.3 is 24.7 Å². The highest BCUT2D eigenvalue weighted by molar-refractivity contribution is 5.65. The summed E-state index contributed by atoms with van der Waals surface area (Å²) in [5.74, 6) is 0.105. The fourth-order valence-corrected chi connectivity index (χ4v) is 2.01. The molecule has 0 unspecified atom stereocenters. The van der Waals surface area contributed by atoms with Crippen molar-refractivity contribution in [2.45, 2.75) is 33.0 Å². The molecule has 0 saturated carbocycles. The lowest BCUT2D eigenvalue weighted by Crippen LogP contribution is -2.48. The third-order valence-electron chi connectivity index (χ3n) is 2.96. The number of alkyl halides is 2. The topological polar surface area (TPSA) is 76.1 Å². The van der Waals surface area contributed by atoms with Crippen LogP contribution in [0.3, 0.4) is 0 Å². The minimum atomic E-state index is -2.85. The molecule has 136 valence electrons. The first-order valence-electron chi connectivity index (χ1n) is 7.54. The van der Waals surface area contributed by atoms with Gasteiger partial charge in [-0.15, -0.1) is 5.60 Å². The van der Waals surface area contributed by atoms with Gasteiger partial charge in [-0.25, -0.2) is 4.79 Å². The summed E-state index contributed by atoms with van der Waals surface area (Å²) in [6.07, 6.45) is -0.936. The number of hydrogen-bond acceptors (Lipinski definition) is 4. The largest absolute Gasteiger partial charge is 0.850 e. The molecule has 2 rings (SSSR count). The molecular formula is C16H23F2N2O4-. The predicted molar refractivity (Wildman–Crippen MR) is 84.6 cm³/mol. The van der Waals surface area contributed by atoms with Crippen LogP contribution in [0.25, 0.3) is 0 Å². The molecule has 1 heterocycles. The van der Waals surface area contributed by atoms with Gasteiger partial charge in [-0.1, -0.05) is 26.8 Å². The van der Waals surface area contributed by atoms with Gasteiger partial charge in [0, 0.05) is 37.9 Å². The Bertz CT molecular complexity index is 521. The van der Waals surface area contributed by atoms with E-state index in [0.29, 0.717) is 26.2 Å². The summed E-state index contributed by atoms with van der Waals surface area (Å²) in [6, 6.07) is 6.41. The molecule has 0 bridgehead atoms. The first-order valence-corrected chi connectivity index (χ1v) is 7.54. The molecule has 1 aromatic rings. The third-order valence-corrected chi connectivity index (χ3v) is 2.96. The fraction of sp³-hybridized carbons (Fsp3) is 0.562. The zero-order chi connectivity index (χ0) is 18.3. The van der Waals surface area contributed by atoms with Crippen molar-refractivity contribution in [3.63, 3.8) is 0 Å². The second-order valence-electron chi connectivity index (χ2n) is 6.24. The van der Waals surface area contributed by atoms with Crippen molar-refractivity contribution in [3.8, 4) is 5.75 Å². The molecule has 0 spiro atoms. The van der Waals surface area contributed by atoms with Gasteiger partial charge in [0.25, 0.3) is 0 Å². The van der Waals surface area contributed by atoms with E-state index >= 15 is 0 Å². The Morgan fingerprint density at radius 3 is 2.25 bits per heavy atom. The zero-order valence-corrected chi connectivity index (χ0v) is 14.0. The number of carboxylic acid groups (broad SMARTS) is 1. The Kier molecular flexibility index (Phi) is 7.21. The molecule has 1 fully saturated rings. The SMILES string of the molecule is CC(C)(C)[O-].O=C(O)N1CCN(c2cccc(OC(F)F)c2)CC1. The number of carbonyl (C=O) groups is 1. The predicted octanol–water partition coefficient (Wildman–Crippen LogP) is 2.23. The maximum absolute atomic E-state index is 12.1. The van der Waals surface area contributed by atoms with E-state index < -0.39 is 18.3 Å². The molecule has 1 aromatic carbocycles. The molecule has 0 atom stereocenters. The molecule has 24 heavy (non-hydrogen) atoms. The molecule has 0 aromatic heterocycles. The summed E-state index contributed by atoms with van der Waals surface area (Å²) in [7, 11) is 0. The minimum absolute atomic E-state index is 0.105. The van der Waals surface area contributed by atoms with Crippen LogP contribution in [0.1, 0.15) is 20.8 Å². The zero-order valence-electron chi connectivity index (χ0n) is 14.0. The molecule has 6 nitrogen and oxygen atoms in total. The van der Waals surface area contributed by atoms with Gasteiger partial charge in [0.05, 0.1) is 0 Å². The number of halogens is 2. The summed E-state index contributed by atoms with van der Waals surface area (Å²) in [5, 5.41) is 18.9. The first-order chi connectivity index (χ1) is 11.1. The van der Waals surface area contributed by atoms with Crippen molar-refractivity contribution in [1.29, 1.82) is 0 Å². The lowest BCUT2D eigenvalue weighted by Gasteiger charge is -2.34. The maximum atomic E-state index is 12.1. The molecule has 0 radical (unpaired) electrons. The van der Waals surface area contributed by atoms with E-state index in [0.717, 1.165) is 5.69 Å². The number of hydrogen-bond donors (Lipinski definition) is 1. The van der Waals surface area contributed by atoms with Gasteiger partial charge in [-0.3, -0.25) is 0 Å². The Morgan fingerprint density at radius 1 is 1.25 bits per heavy atom. The van der Waals surface area contributed by atoms with Gasteiger partial charge in [0.15, 0.2) is 0 Å². The number of rotatable bonds is 3. The van der Waals surface area contributed by atoms with E-state index in [9.17, 15) is 18.7 Å². The van der Waals surface area contributed by atoms with Crippen molar-refractivity contribution >= 4 is 11.8 Å². The first kappa shape index (κ1) is 20.0. The van der Waals surface area contributed by atoms with Crippen LogP contribution < -0.4 is 14.7 Å². The van der Waals surface area contributed by atoms with E-state index in [4.69, 9.17) is 5.11 Å². The summed E-state index contributed by atoms with van der Waals surface area (Å²) < 4.78 is 28.6. The quantitative estimate of drug-likeness (QED) is 0.909. The van der Waals surface area contributed by atoms with Gasteiger partial charge in [0.2, 0.25) is 0 Å². The van der Waals surface area contributed by atoms with Crippen molar-refractivity contribution in [3.05, 3.63) is 24.3 Å². The molecule has 0 aliphatic carbocycles. The van der Waals surface area contributed by atoms with Crippen LogP contribution in [0.4, 0.5) is 19.3 Å². The van der Waals surface area contributed by atoms with Crippen LogP contribution in [0.5, 0.6) is 5.75 Å². The van der Waals surface area contributed by atoms with Crippen molar-refractivity contribution in [1.82, 2.24) is 4.90 Å². The van der Waals surface area contributed by atoms with E-state index in [1.54, 1.807) is 32.9 Å². The second-order valence-corrected chi connectivity index (χ2v) is 6.24. The van der Waals surface area contributed by atoms with Gasteiger partial charge >= 0.3 is 12.7 Å². The van der Waals surface area contributed by atoms with Gasteiger partial charge in [-0.05, 0) is 12.1 Å². The highest BCUT2D eigenvalue weighted by atomic mass is 19.3. The fourth-order valence-electron chi connectivity index (χ4n) is 2.01. The summed E-state index contributed by atoms with van der Waals surface area (Å²) >= 11 is 0. The van der Waals surface area contributed by atoms with E-state index in [1.165, 1.54) is 17.0 Å². The molecule has 1 aliphatic heterocycles. The summed E-state index contributed by atoms with van der Waals surface area (Å²) in [6.45, 7) is 3.91. The normalized spacial score (nSPS) is 15.0. The summed E-state index contributed by atoms with van der Waals surface area (Å²) in [5.41, 5.74) is 0.00295. The van der Waals surface area contributed by atoms with Crippen LogP contribution in [0, 0.1) is 0 Å². The van der Waals surface area contributed by atoms with Gasteiger partial charge in [0.1, 0.15) is 5.75 Å². The van der Waals surface area contributed by atoms with Crippen LogP contribution in [0.15, 0.2) is 24.3 Å². The lowest BCUT2D eigenvalue weighted by atomic mass is 10.2. The Hall–Kier alpha value is -2.09. The van der Waals surface area contributed by atoms with Crippen molar-refractivity contribution in [2.24, 2.45) is 0 Å². The molecule has 1 amide bonds. The summed E-state index contributed by atoms with van der Waals surface area (Å²) in [4.78, 5) is 14.0. The maximum Gasteiger partial charge on any atom is 0.407 e. The molecular weight excluding hydrogens is 322 g/mol. The van der Waals surface area contributed by atoms with Crippen LogP contribution in [-0.4, -0.2) is 54.5 Å². The van der Waals surface area contributed by atoms with Crippen LogP contribution in [0.2, 0.25) is 0 Å². The molecule has 1 N–H and O–H groups in total. The average molecular weight is 345 g/mol. The number of anilines is 1. The molecule has 8 heteroatoms. The number of ether oxygens (including phenoxy) is 1. The Labute approximate surface area is 140 Å². The van der Waals surface area contributed by atoms with Crippen molar-refractivity contribution < 1.29 is 28.5 Å². The van der Waals surface area contributed by atoms with Crippen LogP contribution in [-0.2, 0) is 0 Å². The highest BCUT2D eigenvalue weighted by Gasteiger charge is 2.20. The van der Waals surface area contributed by atoms with Gasteiger partial charge in [-0.2, -0.15) is 8.78 Å². The van der Waals surface area contributed by atoms with E-state index in [2.05, 4.69) is 4.74 Å². The standard InChI is InChI=1S/C12H14F2N2O3.C4H9O/c13-11(14)19-10-3-1-2-9(8-10)15-4-6-16(7-5-15)12(17)18;1-4(2,3)5/h1-3,8,11H,4-7H2,(H,17,18);1-3H3/q;-1. The molecule has 1 aliphatic rings. The van der Waals surface area contributed by atoms with E-state index in [-0.39, 0.29) is 5.75 Å². The Morgan fingerprint density at radius 2 is 1.79 bits per heavy atom. The smallest absolute Gasteiger partial charge is 0.407 e. The number of nitrogens with zero attached hydrogens (tertiary/aromatic N) is 2. The monoisotopic (exact) mass is 345 g/mol. The highest BCUT2D eigenvalue weighted by Crippen LogP contribution is 2.23. The van der Waals surface area contributed by atoms with Crippen LogP contribution >= 0.6 is 0 Å². The third kappa shape index (κ3) is 7.96. The minimum Gasteiger partial charge on any atom is -0.850 e. The average Bonchev–Trinajstić information content (AvgIpc) is 2.45. The number of amides is 1. The number of benzene rings is 1. The van der Waals surface area contributed by atoms with E-state index in [1.807, 2.05) is 4.90 Å². The lowest BCUT2D eigenvalue weighted by molar-refractivity contribution is -0.458. The van der Waals surface area contributed by atoms with Crippen molar-refractivity contribution in [2.75, 3.05) is 31.1 Å². The second kappa shape index (κ2) is 8.68. The Balaban J connectivity index is 0.000000505. The molecule has 1 saturated heterocycles.